The summed E-state index contributed by atoms with van der Waals surface area (Å²) in [5, 5.41) is 5.12. The number of rotatable bonds is 5. The number of carbonyl (C=O) groups excluding carboxylic acids is 1. The second kappa shape index (κ2) is 8.23. The lowest BCUT2D eigenvalue weighted by molar-refractivity contribution is 0.102. The largest absolute Gasteiger partial charge is 0.298 e. The first-order chi connectivity index (χ1) is 13.6. The highest BCUT2D eigenvalue weighted by molar-refractivity contribution is 7.89. The van der Waals surface area contributed by atoms with Gasteiger partial charge in [0, 0.05) is 25.0 Å². The van der Waals surface area contributed by atoms with Gasteiger partial charge in [0.25, 0.3) is 5.91 Å². The molecule has 0 spiro atoms. The van der Waals surface area contributed by atoms with Crippen molar-refractivity contribution >= 4 is 44.0 Å². The Morgan fingerprint density at radius 3 is 2.48 bits per heavy atom. The van der Waals surface area contributed by atoms with E-state index in [1.165, 1.54) is 49.2 Å². The molecule has 152 valence electrons. The number of aryl methyl sites for hydroxylation is 2. The molecule has 1 aromatic heterocycles. The Kier molecular flexibility index (Phi) is 6.09. The number of aromatic nitrogens is 1. The molecular weight excluding hydrogens is 430 g/mol. The van der Waals surface area contributed by atoms with Crippen LogP contribution >= 0.6 is 22.9 Å². The third-order valence-electron chi connectivity index (χ3n) is 4.49. The number of anilines is 1. The normalized spacial score (nSPS) is 11.7. The summed E-state index contributed by atoms with van der Waals surface area (Å²) in [6.45, 7) is 4.07. The molecule has 0 saturated carbocycles. The van der Waals surface area contributed by atoms with Crippen LogP contribution in [0, 0.1) is 13.8 Å². The van der Waals surface area contributed by atoms with Gasteiger partial charge >= 0.3 is 0 Å². The molecule has 0 aliphatic carbocycles. The molecule has 1 heterocycles. The minimum absolute atomic E-state index is 0.00740. The fourth-order valence-electron chi connectivity index (χ4n) is 2.58. The van der Waals surface area contributed by atoms with E-state index in [-0.39, 0.29) is 15.5 Å². The van der Waals surface area contributed by atoms with Crippen LogP contribution < -0.4 is 5.32 Å². The Labute approximate surface area is 179 Å². The Bertz CT molecular complexity index is 1190. The van der Waals surface area contributed by atoms with E-state index < -0.39 is 15.9 Å². The molecule has 0 unspecified atom stereocenters. The molecule has 3 rings (SSSR count). The van der Waals surface area contributed by atoms with Crippen molar-refractivity contribution in [1.82, 2.24) is 9.29 Å². The number of benzene rings is 2. The van der Waals surface area contributed by atoms with Crippen LogP contribution in [0.5, 0.6) is 0 Å². The number of hydrogen-bond donors (Lipinski definition) is 1. The van der Waals surface area contributed by atoms with Crippen LogP contribution in [-0.4, -0.2) is 37.7 Å². The number of nitrogens with zero attached hydrogens (tertiary/aromatic N) is 2. The summed E-state index contributed by atoms with van der Waals surface area (Å²) in [6, 6.07) is 10.1. The molecular formula is C20H20ClN3O3S2. The van der Waals surface area contributed by atoms with Crippen LogP contribution in [0.4, 0.5) is 5.13 Å². The van der Waals surface area contributed by atoms with E-state index in [1.807, 2.05) is 37.4 Å². The zero-order chi connectivity index (χ0) is 21.3. The second-order valence-electron chi connectivity index (χ2n) is 6.72. The molecule has 1 N–H and O–H groups in total. The zero-order valence-corrected chi connectivity index (χ0v) is 18.7. The van der Waals surface area contributed by atoms with Crippen molar-refractivity contribution in [2.24, 2.45) is 0 Å². The summed E-state index contributed by atoms with van der Waals surface area (Å²) in [5.74, 6) is -0.521. The average Bonchev–Trinajstić information content (AvgIpc) is 3.12. The van der Waals surface area contributed by atoms with Gasteiger partial charge in [-0.3, -0.25) is 10.1 Å². The van der Waals surface area contributed by atoms with Crippen LogP contribution in [0.2, 0.25) is 5.02 Å². The van der Waals surface area contributed by atoms with Crippen LogP contribution in [-0.2, 0) is 10.0 Å². The molecule has 0 bridgehead atoms. The molecule has 6 nitrogen and oxygen atoms in total. The highest BCUT2D eigenvalue weighted by atomic mass is 35.5. The van der Waals surface area contributed by atoms with Gasteiger partial charge in [0.2, 0.25) is 10.0 Å². The quantitative estimate of drug-likeness (QED) is 0.618. The summed E-state index contributed by atoms with van der Waals surface area (Å²) < 4.78 is 25.7. The van der Waals surface area contributed by atoms with Crippen molar-refractivity contribution in [2.45, 2.75) is 18.7 Å². The Morgan fingerprint density at radius 1 is 1.10 bits per heavy atom. The van der Waals surface area contributed by atoms with E-state index in [9.17, 15) is 13.2 Å². The molecule has 3 aromatic rings. The van der Waals surface area contributed by atoms with Crippen LogP contribution in [0.25, 0.3) is 11.3 Å². The molecule has 0 aliphatic rings. The maximum Gasteiger partial charge on any atom is 0.259 e. The topological polar surface area (TPSA) is 79.4 Å². The number of carbonyl (C=O) groups is 1. The predicted molar refractivity (Wildman–Crippen MR) is 117 cm³/mol. The van der Waals surface area contributed by atoms with Crippen molar-refractivity contribution in [3.05, 3.63) is 63.5 Å². The molecule has 2 aromatic carbocycles. The molecule has 0 radical (unpaired) electrons. The monoisotopic (exact) mass is 449 g/mol. The minimum atomic E-state index is -3.68. The number of nitrogens with one attached hydrogen (secondary N) is 1. The summed E-state index contributed by atoms with van der Waals surface area (Å²) in [6.07, 6.45) is 0. The van der Waals surface area contributed by atoms with Crippen molar-refractivity contribution in [1.29, 1.82) is 0 Å². The molecule has 0 saturated heterocycles. The first kappa shape index (κ1) is 21.4. The fourth-order valence-corrected chi connectivity index (χ4v) is 4.43. The third kappa shape index (κ3) is 4.51. The van der Waals surface area contributed by atoms with E-state index in [4.69, 9.17) is 11.6 Å². The van der Waals surface area contributed by atoms with Crippen LogP contribution in [0.15, 0.2) is 46.7 Å². The van der Waals surface area contributed by atoms with Gasteiger partial charge in [-0.2, -0.15) is 0 Å². The van der Waals surface area contributed by atoms with Gasteiger partial charge in [-0.05, 0) is 49.2 Å². The Morgan fingerprint density at radius 2 is 1.83 bits per heavy atom. The summed E-state index contributed by atoms with van der Waals surface area (Å²) in [4.78, 5) is 17.1. The average molecular weight is 450 g/mol. The number of halogens is 1. The molecule has 29 heavy (non-hydrogen) atoms. The number of thiazole rings is 1. The predicted octanol–water partition coefficient (Wildman–Crippen LogP) is 4.58. The molecule has 0 fully saturated rings. The van der Waals surface area contributed by atoms with E-state index in [2.05, 4.69) is 10.3 Å². The first-order valence-corrected chi connectivity index (χ1v) is 11.4. The Balaban J connectivity index is 1.86. The number of hydrogen-bond acceptors (Lipinski definition) is 5. The maximum atomic E-state index is 12.7. The number of sulfonamides is 1. The SMILES string of the molecule is Cc1ccc(-c2csc(NC(=O)c3cc(S(=O)(=O)N(C)C)ccc3Cl)n2)cc1C. The molecule has 1 amide bonds. The highest BCUT2D eigenvalue weighted by Gasteiger charge is 2.21. The van der Waals surface area contributed by atoms with E-state index in [0.29, 0.717) is 5.13 Å². The van der Waals surface area contributed by atoms with E-state index in [1.54, 1.807) is 0 Å². The van der Waals surface area contributed by atoms with Crippen molar-refractivity contribution < 1.29 is 13.2 Å². The Hall–Kier alpha value is -2.26. The standard InChI is InChI=1S/C20H20ClN3O3S2/c1-12-5-6-14(9-13(12)2)18-11-28-20(22-18)23-19(25)16-10-15(7-8-17(16)21)29(26,27)24(3)4/h5-11H,1-4H3,(H,22,23,25). The van der Waals surface area contributed by atoms with Crippen LogP contribution in [0.3, 0.4) is 0 Å². The fraction of sp³-hybridized carbons (Fsp3) is 0.200. The summed E-state index contributed by atoms with van der Waals surface area (Å²) in [7, 11) is -0.832. The van der Waals surface area contributed by atoms with Gasteiger partial charge in [-0.25, -0.2) is 17.7 Å². The van der Waals surface area contributed by atoms with E-state index in [0.717, 1.165) is 21.1 Å². The molecule has 9 heteroatoms. The third-order valence-corrected chi connectivity index (χ3v) is 7.39. The zero-order valence-electron chi connectivity index (χ0n) is 16.4. The number of amides is 1. The minimum Gasteiger partial charge on any atom is -0.298 e. The van der Waals surface area contributed by atoms with Gasteiger partial charge in [0.15, 0.2) is 5.13 Å². The van der Waals surface area contributed by atoms with Gasteiger partial charge in [-0.1, -0.05) is 23.7 Å². The van der Waals surface area contributed by atoms with Gasteiger partial charge in [0.05, 0.1) is 21.2 Å². The molecule has 0 aliphatic heterocycles. The summed E-state index contributed by atoms with van der Waals surface area (Å²) >= 11 is 7.42. The lowest BCUT2D eigenvalue weighted by Crippen LogP contribution is -2.23. The lowest BCUT2D eigenvalue weighted by Gasteiger charge is -2.13. The van der Waals surface area contributed by atoms with Crippen LogP contribution in [0.1, 0.15) is 21.5 Å². The lowest BCUT2D eigenvalue weighted by atomic mass is 10.1. The van der Waals surface area contributed by atoms with Crippen molar-refractivity contribution in [2.75, 3.05) is 19.4 Å². The van der Waals surface area contributed by atoms with Crippen molar-refractivity contribution in [3.63, 3.8) is 0 Å². The smallest absolute Gasteiger partial charge is 0.259 e. The maximum absolute atomic E-state index is 12.7. The summed E-state index contributed by atoms with van der Waals surface area (Å²) in [5.41, 5.74) is 4.13. The first-order valence-electron chi connectivity index (χ1n) is 8.66. The van der Waals surface area contributed by atoms with Gasteiger partial charge in [0.1, 0.15) is 0 Å². The molecule has 0 atom stereocenters. The van der Waals surface area contributed by atoms with Gasteiger partial charge in [-0.15, -0.1) is 11.3 Å². The second-order valence-corrected chi connectivity index (χ2v) is 10.1. The van der Waals surface area contributed by atoms with E-state index >= 15 is 0 Å². The van der Waals surface area contributed by atoms with Gasteiger partial charge < -0.3 is 0 Å². The van der Waals surface area contributed by atoms with Crippen molar-refractivity contribution in [3.8, 4) is 11.3 Å². The highest BCUT2D eigenvalue weighted by Crippen LogP contribution is 2.28.